The number of benzene rings is 3. The highest BCUT2D eigenvalue weighted by atomic mass is 32.2. The molecule has 5 rings (SSSR count). The first-order valence-electron chi connectivity index (χ1n) is 11.7. The predicted molar refractivity (Wildman–Crippen MR) is 136 cm³/mol. The molecule has 2 aliphatic heterocycles. The van der Waals surface area contributed by atoms with Crippen LogP contribution < -0.4 is 5.32 Å². The molecule has 0 bridgehead atoms. The lowest BCUT2D eigenvalue weighted by Gasteiger charge is -2.24. The SMILES string of the molecule is CCOC(=O)COC1=NN=C(c2ccc3c(c2)-c2ccccc2S3(=O)=O)CC1NCc1ccccc1. The molecule has 0 aliphatic carbocycles. The normalized spacial score (nSPS) is 17.4. The summed E-state index contributed by atoms with van der Waals surface area (Å²) in [6.45, 7) is 2.31. The topological polar surface area (TPSA) is 106 Å². The van der Waals surface area contributed by atoms with Gasteiger partial charge in [-0.25, -0.2) is 13.2 Å². The number of hydrogen-bond acceptors (Lipinski definition) is 8. The van der Waals surface area contributed by atoms with Crippen molar-refractivity contribution in [3.63, 3.8) is 0 Å². The molecule has 1 N–H and O–H groups in total. The van der Waals surface area contributed by atoms with Gasteiger partial charge in [0.25, 0.3) is 0 Å². The van der Waals surface area contributed by atoms with Gasteiger partial charge in [-0.1, -0.05) is 54.6 Å². The van der Waals surface area contributed by atoms with Gasteiger partial charge in [-0.3, -0.25) is 0 Å². The zero-order chi connectivity index (χ0) is 25.1. The summed E-state index contributed by atoms with van der Waals surface area (Å²) < 4.78 is 36.5. The minimum atomic E-state index is -3.54. The van der Waals surface area contributed by atoms with Gasteiger partial charge in [0.1, 0.15) is 0 Å². The van der Waals surface area contributed by atoms with Crippen LogP contribution in [0.15, 0.2) is 92.8 Å². The van der Waals surface area contributed by atoms with Crippen molar-refractivity contribution >= 4 is 27.4 Å². The zero-order valence-corrected chi connectivity index (χ0v) is 20.5. The molecule has 0 spiro atoms. The summed E-state index contributed by atoms with van der Waals surface area (Å²) in [7, 11) is -3.54. The van der Waals surface area contributed by atoms with Gasteiger partial charge in [-0.15, -0.1) is 5.10 Å². The standard InChI is InChI=1S/C27H25N3O5S/c1-2-34-26(31)17-35-27-23(28-16-18-8-4-3-5-9-18)15-22(29-30-27)19-12-13-25-21(14-19)20-10-6-7-11-24(20)36(25,32)33/h3-14,23,28H,2,15-17H2,1H3. The molecule has 0 radical (unpaired) electrons. The average molecular weight is 504 g/mol. The third kappa shape index (κ3) is 4.67. The molecule has 0 amide bonds. The van der Waals surface area contributed by atoms with Crippen molar-refractivity contribution in [3.05, 3.63) is 83.9 Å². The van der Waals surface area contributed by atoms with E-state index in [0.29, 0.717) is 45.5 Å². The summed E-state index contributed by atoms with van der Waals surface area (Å²) in [4.78, 5) is 12.4. The number of hydrogen-bond donors (Lipinski definition) is 1. The van der Waals surface area contributed by atoms with Crippen molar-refractivity contribution in [3.8, 4) is 11.1 Å². The van der Waals surface area contributed by atoms with Crippen LogP contribution in [0.2, 0.25) is 0 Å². The van der Waals surface area contributed by atoms with E-state index in [1.165, 1.54) is 0 Å². The monoisotopic (exact) mass is 503 g/mol. The molecule has 1 atom stereocenters. The minimum Gasteiger partial charge on any atom is -0.467 e. The Morgan fingerprint density at radius 1 is 0.972 bits per heavy atom. The molecule has 1 unspecified atom stereocenters. The van der Waals surface area contributed by atoms with Crippen molar-refractivity contribution in [1.82, 2.24) is 5.32 Å². The number of rotatable bonds is 7. The molecule has 0 saturated heterocycles. The smallest absolute Gasteiger partial charge is 0.344 e. The number of nitrogens with zero attached hydrogens (tertiary/aromatic N) is 2. The van der Waals surface area contributed by atoms with Crippen molar-refractivity contribution < 1.29 is 22.7 Å². The summed E-state index contributed by atoms with van der Waals surface area (Å²) in [6.07, 6.45) is 0.446. The molecule has 36 heavy (non-hydrogen) atoms. The van der Waals surface area contributed by atoms with Crippen LogP contribution in [-0.4, -0.2) is 45.3 Å². The number of carbonyl (C=O) groups is 1. The molecule has 0 aromatic heterocycles. The number of esters is 1. The molecule has 2 aliphatic rings. The van der Waals surface area contributed by atoms with Gasteiger partial charge in [0.2, 0.25) is 15.7 Å². The summed E-state index contributed by atoms with van der Waals surface area (Å²) in [5.74, 6) is -0.174. The van der Waals surface area contributed by atoms with Gasteiger partial charge in [-0.05, 0) is 36.2 Å². The molecule has 0 saturated carbocycles. The fourth-order valence-electron chi connectivity index (χ4n) is 4.33. The number of sulfone groups is 1. The Morgan fingerprint density at radius 3 is 2.53 bits per heavy atom. The highest BCUT2D eigenvalue weighted by Crippen LogP contribution is 2.43. The lowest BCUT2D eigenvalue weighted by Crippen LogP contribution is -2.42. The van der Waals surface area contributed by atoms with E-state index in [2.05, 4.69) is 15.5 Å². The molecule has 9 heteroatoms. The molecule has 184 valence electrons. The third-order valence-corrected chi connectivity index (χ3v) is 7.94. The van der Waals surface area contributed by atoms with Crippen LogP contribution in [0.4, 0.5) is 0 Å². The molecule has 0 fully saturated rings. The van der Waals surface area contributed by atoms with Gasteiger partial charge in [0, 0.05) is 24.1 Å². The van der Waals surface area contributed by atoms with E-state index < -0.39 is 15.8 Å². The van der Waals surface area contributed by atoms with Gasteiger partial charge >= 0.3 is 5.97 Å². The lowest BCUT2D eigenvalue weighted by molar-refractivity contribution is -0.145. The quantitative estimate of drug-likeness (QED) is 0.385. The Morgan fingerprint density at radius 2 is 1.72 bits per heavy atom. The Labute approximate surface area is 209 Å². The minimum absolute atomic E-state index is 0.255. The van der Waals surface area contributed by atoms with Crippen molar-refractivity contribution in [2.24, 2.45) is 10.2 Å². The van der Waals surface area contributed by atoms with Crippen LogP contribution >= 0.6 is 0 Å². The summed E-state index contributed by atoms with van der Waals surface area (Å²) in [6, 6.07) is 21.8. The maximum atomic E-state index is 12.9. The van der Waals surface area contributed by atoms with E-state index in [4.69, 9.17) is 9.47 Å². The van der Waals surface area contributed by atoms with E-state index >= 15 is 0 Å². The summed E-state index contributed by atoms with van der Waals surface area (Å²) in [5, 5.41) is 12.1. The van der Waals surface area contributed by atoms with Crippen LogP contribution in [0.5, 0.6) is 0 Å². The lowest BCUT2D eigenvalue weighted by atomic mass is 9.97. The van der Waals surface area contributed by atoms with Crippen LogP contribution in [0.25, 0.3) is 11.1 Å². The number of fused-ring (bicyclic) bond motifs is 3. The number of ether oxygens (including phenoxy) is 2. The predicted octanol–water partition coefficient (Wildman–Crippen LogP) is 3.74. The average Bonchev–Trinajstić information content (AvgIpc) is 3.13. The molecular formula is C27H25N3O5S. The Balaban J connectivity index is 1.43. The first kappa shape index (κ1) is 23.9. The maximum absolute atomic E-state index is 12.9. The number of carbonyl (C=O) groups excluding carboxylic acids is 1. The van der Waals surface area contributed by atoms with E-state index in [0.717, 1.165) is 11.1 Å². The van der Waals surface area contributed by atoms with E-state index in [1.54, 1.807) is 31.2 Å². The summed E-state index contributed by atoms with van der Waals surface area (Å²) in [5.41, 5.74) is 3.90. The van der Waals surface area contributed by atoms with Crippen molar-refractivity contribution in [2.45, 2.75) is 35.7 Å². The largest absolute Gasteiger partial charge is 0.467 e. The Bertz CT molecular complexity index is 1470. The van der Waals surface area contributed by atoms with Gasteiger partial charge in [-0.2, -0.15) is 5.10 Å². The molecule has 3 aromatic carbocycles. The van der Waals surface area contributed by atoms with Crippen LogP contribution in [0.1, 0.15) is 24.5 Å². The zero-order valence-electron chi connectivity index (χ0n) is 19.7. The molecule has 8 nitrogen and oxygen atoms in total. The van der Waals surface area contributed by atoms with Crippen molar-refractivity contribution in [1.29, 1.82) is 0 Å². The van der Waals surface area contributed by atoms with Crippen LogP contribution in [0, 0.1) is 0 Å². The van der Waals surface area contributed by atoms with Crippen LogP contribution in [0.3, 0.4) is 0 Å². The van der Waals surface area contributed by atoms with E-state index in [-0.39, 0.29) is 19.3 Å². The van der Waals surface area contributed by atoms with E-state index in [1.807, 2.05) is 48.5 Å². The van der Waals surface area contributed by atoms with Gasteiger partial charge in [0.15, 0.2) is 6.61 Å². The second-order valence-corrected chi connectivity index (χ2v) is 10.3. The highest BCUT2D eigenvalue weighted by molar-refractivity contribution is 7.92. The molecular weight excluding hydrogens is 478 g/mol. The van der Waals surface area contributed by atoms with Gasteiger partial charge < -0.3 is 14.8 Å². The third-order valence-electron chi connectivity index (χ3n) is 6.07. The second kappa shape index (κ2) is 10.0. The van der Waals surface area contributed by atoms with Gasteiger partial charge in [0.05, 0.1) is 28.2 Å². The highest BCUT2D eigenvalue weighted by Gasteiger charge is 2.33. The fourth-order valence-corrected chi connectivity index (χ4v) is 6.00. The van der Waals surface area contributed by atoms with Crippen LogP contribution in [-0.2, 0) is 30.7 Å². The molecule has 3 aromatic rings. The fraction of sp³-hybridized carbons (Fsp3) is 0.222. The first-order chi connectivity index (χ1) is 17.5. The first-order valence-corrected chi connectivity index (χ1v) is 13.1. The van der Waals surface area contributed by atoms with Crippen molar-refractivity contribution in [2.75, 3.05) is 13.2 Å². The number of nitrogens with one attached hydrogen (secondary N) is 1. The van der Waals surface area contributed by atoms with E-state index in [9.17, 15) is 13.2 Å². The maximum Gasteiger partial charge on any atom is 0.344 e. The Hall–Kier alpha value is -3.82. The summed E-state index contributed by atoms with van der Waals surface area (Å²) >= 11 is 0. The Kier molecular flexibility index (Phi) is 6.67. The second-order valence-electron chi connectivity index (χ2n) is 8.41. The molecule has 2 heterocycles.